The molecule has 3 aromatic rings. The molecule has 0 bridgehead atoms. The Bertz CT molecular complexity index is 974. The van der Waals surface area contributed by atoms with Gasteiger partial charge in [-0.2, -0.15) is 0 Å². The molecule has 0 saturated heterocycles. The third-order valence-corrected chi connectivity index (χ3v) is 5.03. The third kappa shape index (κ3) is 5.11. The summed E-state index contributed by atoms with van der Waals surface area (Å²) in [5.74, 6) is -0.697. The van der Waals surface area contributed by atoms with Crippen molar-refractivity contribution >= 4 is 55.7 Å². The summed E-state index contributed by atoms with van der Waals surface area (Å²) >= 11 is 4.40. The summed E-state index contributed by atoms with van der Waals surface area (Å²) in [5.41, 5.74) is 1.60. The number of rotatable bonds is 4. The second kappa shape index (κ2) is 8.28. The number of carbonyl (C=O) groups excluding carboxylic acids is 2. The van der Waals surface area contributed by atoms with Crippen LogP contribution >= 0.6 is 27.3 Å². The van der Waals surface area contributed by atoms with Crippen LogP contribution < -0.4 is 16.0 Å². The molecule has 0 aliphatic carbocycles. The van der Waals surface area contributed by atoms with Crippen LogP contribution in [-0.2, 0) is 0 Å². The highest BCUT2D eigenvalue weighted by Gasteiger charge is 2.17. The minimum atomic E-state index is -0.532. The van der Waals surface area contributed by atoms with Crippen LogP contribution in [0.1, 0.15) is 15.4 Å². The molecule has 0 radical (unpaired) electrons. The van der Waals surface area contributed by atoms with E-state index < -0.39 is 11.8 Å². The molecular weight excluding hydrogens is 435 g/mol. The molecule has 138 valence electrons. The molecule has 0 unspecified atom stereocenters. The smallest absolute Gasteiger partial charge is 0.321 e. The standard InChI is InChI=1S/C18H14BrFN4O2S/c1-10-15(16(25)22-13-6-2-11(19)3-7-13)27-18(21-10)24-17(26)23-14-8-4-12(20)5-9-14/h2-9H,1H3,(H,22,25)(H2,21,23,24,26). The van der Waals surface area contributed by atoms with Gasteiger partial charge in [0.2, 0.25) is 0 Å². The first-order valence-corrected chi connectivity index (χ1v) is 9.39. The van der Waals surface area contributed by atoms with Crippen molar-refractivity contribution in [2.45, 2.75) is 6.92 Å². The highest BCUT2D eigenvalue weighted by molar-refractivity contribution is 9.10. The summed E-state index contributed by atoms with van der Waals surface area (Å²) < 4.78 is 13.8. The number of benzene rings is 2. The van der Waals surface area contributed by atoms with E-state index in [1.165, 1.54) is 24.3 Å². The monoisotopic (exact) mass is 448 g/mol. The molecule has 0 aliphatic rings. The number of urea groups is 1. The fraction of sp³-hybridized carbons (Fsp3) is 0.0556. The predicted molar refractivity (Wildman–Crippen MR) is 108 cm³/mol. The van der Waals surface area contributed by atoms with Crippen LogP contribution in [0.3, 0.4) is 0 Å². The van der Waals surface area contributed by atoms with Crippen molar-refractivity contribution in [1.29, 1.82) is 0 Å². The summed E-state index contributed by atoms with van der Waals surface area (Å²) in [6.45, 7) is 1.69. The Morgan fingerprint density at radius 2 is 1.56 bits per heavy atom. The van der Waals surface area contributed by atoms with E-state index in [1.54, 1.807) is 19.1 Å². The molecule has 0 saturated carbocycles. The average molecular weight is 449 g/mol. The number of hydrogen-bond donors (Lipinski definition) is 3. The number of anilines is 3. The first kappa shape index (κ1) is 19.0. The van der Waals surface area contributed by atoms with Gasteiger partial charge in [-0.1, -0.05) is 27.3 Å². The fourth-order valence-corrected chi connectivity index (χ4v) is 3.30. The van der Waals surface area contributed by atoms with Gasteiger partial charge in [-0.25, -0.2) is 14.2 Å². The molecule has 3 rings (SSSR count). The topological polar surface area (TPSA) is 83.1 Å². The van der Waals surface area contributed by atoms with Crippen LogP contribution in [0.5, 0.6) is 0 Å². The van der Waals surface area contributed by atoms with Gasteiger partial charge in [0.25, 0.3) is 5.91 Å². The van der Waals surface area contributed by atoms with Gasteiger partial charge in [0.05, 0.1) is 5.69 Å². The minimum Gasteiger partial charge on any atom is -0.321 e. The van der Waals surface area contributed by atoms with Gasteiger partial charge in [0, 0.05) is 15.8 Å². The number of thiazole rings is 1. The van der Waals surface area contributed by atoms with Crippen molar-refractivity contribution in [2.24, 2.45) is 0 Å². The van der Waals surface area contributed by atoms with Crippen LogP contribution in [-0.4, -0.2) is 16.9 Å². The van der Waals surface area contributed by atoms with E-state index in [1.807, 2.05) is 12.1 Å². The molecule has 0 aliphatic heterocycles. The Kier molecular flexibility index (Phi) is 5.82. The van der Waals surface area contributed by atoms with E-state index in [4.69, 9.17) is 0 Å². The molecule has 1 heterocycles. The van der Waals surface area contributed by atoms with Gasteiger partial charge in [-0.05, 0) is 55.5 Å². The molecule has 3 amide bonds. The van der Waals surface area contributed by atoms with Crippen molar-refractivity contribution in [2.75, 3.05) is 16.0 Å². The van der Waals surface area contributed by atoms with Crippen molar-refractivity contribution in [3.63, 3.8) is 0 Å². The number of nitrogens with zero attached hydrogens (tertiary/aromatic N) is 1. The van der Waals surface area contributed by atoms with Gasteiger partial charge in [0.15, 0.2) is 5.13 Å². The van der Waals surface area contributed by atoms with Crippen LogP contribution in [0.25, 0.3) is 0 Å². The summed E-state index contributed by atoms with van der Waals surface area (Å²) in [5, 5.41) is 8.21. The quantitative estimate of drug-likeness (QED) is 0.509. The Hall–Kier alpha value is -2.78. The van der Waals surface area contributed by atoms with Crippen molar-refractivity contribution < 1.29 is 14.0 Å². The maximum Gasteiger partial charge on any atom is 0.325 e. The predicted octanol–water partition coefficient (Wildman–Crippen LogP) is 5.25. The van der Waals surface area contributed by atoms with Crippen LogP contribution in [0.15, 0.2) is 53.0 Å². The van der Waals surface area contributed by atoms with Crippen LogP contribution in [0.4, 0.5) is 25.7 Å². The molecule has 3 N–H and O–H groups in total. The number of halogens is 2. The van der Waals surface area contributed by atoms with E-state index in [-0.39, 0.29) is 11.0 Å². The number of amides is 3. The van der Waals surface area contributed by atoms with Gasteiger partial charge in [-0.15, -0.1) is 0 Å². The number of nitrogens with one attached hydrogen (secondary N) is 3. The van der Waals surface area contributed by atoms with Gasteiger partial charge < -0.3 is 10.6 Å². The van der Waals surface area contributed by atoms with Gasteiger partial charge in [0.1, 0.15) is 10.7 Å². The molecule has 0 spiro atoms. The molecular formula is C18H14BrFN4O2S. The minimum absolute atomic E-state index is 0.285. The molecule has 2 aromatic carbocycles. The van der Waals surface area contributed by atoms with E-state index in [0.717, 1.165) is 15.8 Å². The lowest BCUT2D eigenvalue weighted by Gasteiger charge is -2.05. The molecule has 6 nitrogen and oxygen atoms in total. The maximum absolute atomic E-state index is 12.9. The Morgan fingerprint density at radius 3 is 2.22 bits per heavy atom. The summed E-state index contributed by atoms with van der Waals surface area (Å²) in [6, 6.07) is 12.0. The van der Waals surface area contributed by atoms with E-state index in [9.17, 15) is 14.0 Å². The Balaban J connectivity index is 1.64. The lowest BCUT2D eigenvalue weighted by atomic mass is 10.3. The summed E-state index contributed by atoms with van der Waals surface area (Å²) in [6.07, 6.45) is 0. The summed E-state index contributed by atoms with van der Waals surface area (Å²) in [7, 11) is 0. The van der Waals surface area contributed by atoms with Crippen molar-refractivity contribution in [3.8, 4) is 0 Å². The van der Waals surface area contributed by atoms with E-state index >= 15 is 0 Å². The van der Waals surface area contributed by atoms with E-state index in [2.05, 4.69) is 36.9 Å². The van der Waals surface area contributed by atoms with Crippen molar-refractivity contribution in [3.05, 3.63) is 69.4 Å². The molecule has 0 atom stereocenters. The Labute approximate surface area is 167 Å². The first-order chi connectivity index (χ1) is 12.9. The summed E-state index contributed by atoms with van der Waals surface area (Å²) in [4.78, 5) is 29.1. The van der Waals surface area contributed by atoms with Crippen LogP contribution in [0.2, 0.25) is 0 Å². The lowest BCUT2D eigenvalue weighted by molar-refractivity contribution is 0.103. The number of aryl methyl sites for hydroxylation is 1. The van der Waals surface area contributed by atoms with Gasteiger partial charge >= 0.3 is 6.03 Å². The fourth-order valence-electron chi connectivity index (χ4n) is 2.17. The third-order valence-electron chi connectivity index (χ3n) is 3.43. The zero-order valence-corrected chi connectivity index (χ0v) is 16.4. The highest BCUT2D eigenvalue weighted by Crippen LogP contribution is 2.24. The van der Waals surface area contributed by atoms with E-state index in [0.29, 0.717) is 21.9 Å². The van der Waals surface area contributed by atoms with Crippen molar-refractivity contribution in [1.82, 2.24) is 4.98 Å². The first-order valence-electron chi connectivity index (χ1n) is 7.78. The molecule has 0 fully saturated rings. The number of hydrogen-bond acceptors (Lipinski definition) is 4. The largest absolute Gasteiger partial charge is 0.325 e. The molecule has 9 heteroatoms. The maximum atomic E-state index is 12.9. The number of carbonyl (C=O) groups is 2. The molecule has 1 aromatic heterocycles. The SMILES string of the molecule is Cc1nc(NC(=O)Nc2ccc(F)cc2)sc1C(=O)Nc1ccc(Br)cc1. The van der Waals surface area contributed by atoms with Crippen LogP contribution in [0, 0.1) is 12.7 Å². The molecule has 27 heavy (non-hydrogen) atoms. The lowest BCUT2D eigenvalue weighted by Crippen LogP contribution is -2.19. The second-order valence-corrected chi connectivity index (χ2v) is 7.40. The average Bonchev–Trinajstić information content (AvgIpc) is 2.99. The zero-order chi connectivity index (χ0) is 19.4. The Morgan fingerprint density at radius 1 is 0.963 bits per heavy atom. The zero-order valence-electron chi connectivity index (χ0n) is 14.0. The highest BCUT2D eigenvalue weighted by atomic mass is 79.9. The second-order valence-electron chi connectivity index (χ2n) is 5.48. The number of aromatic nitrogens is 1. The van der Waals surface area contributed by atoms with Gasteiger partial charge in [-0.3, -0.25) is 10.1 Å². The normalized spacial score (nSPS) is 10.3.